The fourth-order valence-electron chi connectivity index (χ4n) is 1.60. The van der Waals surface area contributed by atoms with Crippen molar-refractivity contribution >= 4 is 15.8 Å². The van der Waals surface area contributed by atoms with E-state index in [4.69, 9.17) is 0 Å². The van der Waals surface area contributed by atoms with Gasteiger partial charge in [0.25, 0.3) is 0 Å². The van der Waals surface area contributed by atoms with E-state index < -0.39 is 21.9 Å². The molecular formula is C12H16O5S. The summed E-state index contributed by atoms with van der Waals surface area (Å²) in [7, 11) is -2.30. The van der Waals surface area contributed by atoms with E-state index in [1.165, 1.54) is 25.3 Å². The largest absolute Gasteiger partial charge is 0.465 e. The first kappa shape index (κ1) is 14.7. The zero-order valence-corrected chi connectivity index (χ0v) is 11.3. The monoisotopic (exact) mass is 272 g/mol. The number of hydrogen-bond donors (Lipinski definition) is 1. The molecule has 1 aromatic rings. The number of esters is 1. The molecule has 0 bridgehead atoms. The molecule has 0 amide bonds. The maximum absolute atomic E-state index is 11.7. The molecular weight excluding hydrogens is 256 g/mol. The van der Waals surface area contributed by atoms with Gasteiger partial charge in [-0.05, 0) is 24.1 Å². The average Bonchev–Trinajstić information content (AvgIpc) is 2.35. The molecule has 1 N–H and O–H groups in total. The first-order valence-electron chi connectivity index (χ1n) is 5.41. The predicted octanol–water partition coefficient (Wildman–Crippen LogP) is 1.32. The number of aliphatic hydroxyl groups excluding tert-OH is 1. The highest BCUT2D eigenvalue weighted by Gasteiger charge is 2.20. The van der Waals surface area contributed by atoms with Crippen LogP contribution in [-0.2, 0) is 14.6 Å². The summed E-state index contributed by atoms with van der Waals surface area (Å²) in [5.41, 5.74) is 0.442. The minimum Gasteiger partial charge on any atom is -0.465 e. The molecule has 0 spiro atoms. The zero-order valence-electron chi connectivity index (χ0n) is 10.5. The minimum absolute atomic E-state index is 0.0419. The lowest BCUT2D eigenvalue weighted by Gasteiger charge is -2.13. The summed E-state index contributed by atoms with van der Waals surface area (Å²) in [6.45, 7) is 1.74. The highest BCUT2D eigenvalue weighted by molar-refractivity contribution is 7.90. The number of aliphatic hydroxyl groups is 1. The number of sulfone groups is 1. The van der Waals surface area contributed by atoms with E-state index in [1.807, 2.05) is 0 Å². The van der Waals surface area contributed by atoms with Crippen molar-refractivity contribution in [3.8, 4) is 0 Å². The van der Waals surface area contributed by atoms with Gasteiger partial charge in [-0.2, -0.15) is 0 Å². The predicted molar refractivity (Wildman–Crippen MR) is 66.1 cm³/mol. The van der Waals surface area contributed by atoms with Crippen LogP contribution in [0.15, 0.2) is 23.1 Å². The number of benzene rings is 1. The van der Waals surface area contributed by atoms with Crippen LogP contribution in [0.4, 0.5) is 0 Å². The van der Waals surface area contributed by atoms with Crippen LogP contribution in [0.3, 0.4) is 0 Å². The number of rotatable bonds is 4. The quantitative estimate of drug-likeness (QED) is 0.836. The van der Waals surface area contributed by atoms with Gasteiger partial charge in [-0.3, -0.25) is 0 Å². The summed E-state index contributed by atoms with van der Waals surface area (Å²) in [5, 5.41) is 9.78. The molecule has 0 fully saturated rings. The van der Waals surface area contributed by atoms with Gasteiger partial charge in [0.1, 0.15) is 0 Å². The smallest absolute Gasteiger partial charge is 0.337 e. The molecule has 0 aliphatic carbocycles. The molecule has 0 radical (unpaired) electrons. The Hall–Kier alpha value is -1.40. The molecule has 0 heterocycles. The molecule has 5 nitrogen and oxygen atoms in total. The second-order valence-corrected chi connectivity index (χ2v) is 5.92. The fraction of sp³-hybridized carbons (Fsp3) is 0.417. The minimum atomic E-state index is -3.52. The first-order valence-corrected chi connectivity index (χ1v) is 7.30. The molecule has 1 unspecified atom stereocenters. The highest BCUT2D eigenvalue weighted by atomic mass is 32.2. The Morgan fingerprint density at radius 1 is 1.44 bits per heavy atom. The maximum atomic E-state index is 11.7. The van der Waals surface area contributed by atoms with E-state index >= 15 is 0 Å². The lowest BCUT2D eigenvalue weighted by molar-refractivity contribution is 0.0600. The number of carbonyl (C=O) groups excluding carboxylic acids is 1. The van der Waals surface area contributed by atoms with E-state index in [2.05, 4.69) is 4.74 Å². The summed E-state index contributed by atoms with van der Waals surface area (Å²) >= 11 is 0. The SMILES string of the molecule is CCC(O)c1ccc(C(=O)OC)cc1S(C)(=O)=O. The van der Waals surface area contributed by atoms with Crippen LogP contribution in [0.2, 0.25) is 0 Å². The average molecular weight is 272 g/mol. The summed E-state index contributed by atoms with van der Waals surface area (Å²) in [5.74, 6) is -0.613. The van der Waals surface area contributed by atoms with Gasteiger partial charge >= 0.3 is 5.97 Å². The molecule has 18 heavy (non-hydrogen) atoms. The molecule has 1 aromatic carbocycles. The standard InChI is InChI=1S/C12H16O5S/c1-4-10(13)9-6-5-8(12(14)17-2)7-11(9)18(3,15)16/h5-7,10,13H,4H2,1-3H3. The van der Waals surface area contributed by atoms with Crippen molar-refractivity contribution < 1.29 is 23.1 Å². The lowest BCUT2D eigenvalue weighted by atomic mass is 10.1. The van der Waals surface area contributed by atoms with Gasteiger partial charge in [-0.1, -0.05) is 13.0 Å². The van der Waals surface area contributed by atoms with E-state index in [0.29, 0.717) is 12.0 Å². The number of hydrogen-bond acceptors (Lipinski definition) is 5. The second kappa shape index (κ2) is 5.49. The Morgan fingerprint density at radius 2 is 2.06 bits per heavy atom. The van der Waals surface area contributed by atoms with Gasteiger partial charge in [0.2, 0.25) is 0 Å². The summed E-state index contributed by atoms with van der Waals surface area (Å²) in [6, 6.07) is 4.11. The molecule has 100 valence electrons. The summed E-state index contributed by atoms with van der Waals surface area (Å²) in [4.78, 5) is 11.3. The molecule has 0 aromatic heterocycles. The van der Waals surface area contributed by atoms with Crippen molar-refractivity contribution in [3.63, 3.8) is 0 Å². The number of methoxy groups -OCH3 is 1. The molecule has 6 heteroatoms. The fourth-order valence-corrected chi connectivity index (χ4v) is 2.57. The van der Waals surface area contributed by atoms with Crippen molar-refractivity contribution in [2.24, 2.45) is 0 Å². The Kier molecular flexibility index (Phi) is 4.48. The van der Waals surface area contributed by atoms with Gasteiger partial charge in [0.15, 0.2) is 9.84 Å². The van der Waals surface area contributed by atoms with Crippen molar-refractivity contribution in [3.05, 3.63) is 29.3 Å². The third-order valence-corrected chi connectivity index (χ3v) is 3.73. The maximum Gasteiger partial charge on any atom is 0.337 e. The highest BCUT2D eigenvalue weighted by Crippen LogP contribution is 2.26. The van der Waals surface area contributed by atoms with Crippen molar-refractivity contribution in [2.45, 2.75) is 24.3 Å². The van der Waals surface area contributed by atoms with Crippen molar-refractivity contribution in [2.75, 3.05) is 13.4 Å². The normalized spacial score (nSPS) is 13.1. The first-order chi connectivity index (χ1) is 8.31. The van der Waals surface area contributed by atoms with Crippen LogP contribution >= 0.6 is 0 Å². The van der Waals surface area contributed by atoms with Gasteiger partial charge in [0, 0.05) is 6.26 Å². The number of ether oxygens (including phenoxy) is 1. The Morgan fingerprint density at radius 3 is 2.50 bits per heavy atom. The van der Waals surface area contributed by atoms with Crippen LogP contribution < -0.4 is 0 Å². The van der Waals surface area contributed by atoms with Crippen LogP contribution in [0, 0.1) is 0 Å². The van der Waals surface area contributed by atoms with Gasteiger partial charge < -0.3 is 9.84 Å². The molecule has 1 rings (SSSR count). The van der Waals surface area contributed by atoms with Crippen LogP contribution in [0.25, 0.3) is 0 Å². The third kappa shape index (κ3) is 3.08. The summed E-state index contributed by atoms with van der Waals surface area (Å²) in [6.07, 6.45) is 0.552. The second-order valence-electron chi connectivity index (χ2n) is 3.94. The topological polar surface area (TPSA) is 80.7 Å². The number of carbonyl (C=O) groups is 1. The van der Waals surface area contributed by atoms with E-state index in [9.17, 15) is 18.3 Å². The Balaban J connectivity index is 3.44. The Bertz CT molecular complexity index is 548. The van der Waals surface area contributed by atoms with E-state index in [1.54, 1.807) is 6.92 Å². The molecule has 0 saturated heterocycles. The third-order valence-electron chi connectivity index (χ3n) is 2.58. The lowest BCUT2D eigenvalue weighted by Crippen LogP contribution is -2.10. The van der Waals surface area contributed by atoms with Crippen LogP contribution in [-0.4, -0.2) is 32.9 Å². The van der Waals surface area contributed by atoms with Gasteiger partial charge in [0.05, 0.1) is 23.7 Å². The van der Waals surface area contributed by atoms with E-state index in [0.717, 1.165) is 6.26 Å². The zero-order chi connectivity index (χ0) is 13.9. The molecule has 0 aliphatic rings. The van der Waals surface area contributed by atoms with Gasteiger partial charge in [-0.25, -0.2) is 13.2 Å². The van der Waals surface area contributed by atoms with Gasteiger partial charge in [-0.15, -0.1) is 0 Å². The van der Waals surface area contributed by atoms with E-state index in [-0.39, 0.29) is 10.5 Å². The van der Waals surface area contributed by atoms with Crippen molar-refractivity contribution in [1.29, 1.82) is 0 Å². The molecule has 0 aliphatic heterocycles. The van der Waals surface area contributed by atoms with Crippen LogP contribution in [0.5, 0.6) is 0 Å². The van der Waals surface area contributed by atoms with Crippen molar-refractivity contribution in [1.82, 2.24) is 0 Å². The van der Waals surface area contributed by atoms with Crippen LogP contribution in [0.1, 0.15) is 35.4 Å². The molecule has 1 atom stereocenters. The molecule has 0 saturated carbocycles. The summed E-state index contributed by atoms with van der Waals surface area (Å²) < 4.78 is 27.9. The Labute approximate surface area is 106 Å².